The Labute approximate surface area is 163 Å². The molecular weight excluding hydrogens is 364 g/mol. The van der Waals surface area contributed by atoms with Crippen LogP contribution in [0, 0.1) is 17.3 Å². The number of fused-ring (bicyclic) bond motifs is 2. The van der Waals surface area contributed by atoms with E-state index in [1.165, 1.54) is 6.92 Å². The van der Waals surface area contributed by atoms with Crippen molar-refractivity contribution in [2.24, 2.45) is 17.3 Å². The van der Waals surface area contributed by atoms with Crippen LogP contribution in [0.3, 0.4) is 0 Å². The number of carbonyl (C=O) groups is 3. The van der Waals surface area contributed by atoms with E-state index in [-0.39, 0.29) is 29.6 Å². The molecular formula is C21H26O7. The van der Waals surface area contributed by atoms with Crippen molar-refractivity contribution >= 4 is 17.9 Å². The average Bonchev–Trinajstić information content (AvgIpc) is 3.11. The lowest BCUT2D eigenvalue weighted by Gasteiger charge is -2.63. The van der Waals surface area contributed by atoms with Gasteiger partial charge in [-0.3, -0.25) is 4.79 Å². The highest BCUT2D eigenvalue weighted by Gasteiger charge is 2.85. The van der Waals surface area contributed by atoms with E-state index in [1.54, 1.807) is 13.8 Å². The molecule has 152 valence electrons. The van der Waals surface area contributed by atoms with Crippen molar-refractivity contribution in [3.63, 3.8) is 0 Å². The van der Waals surface area contributed by atoms with Gasteiger partial charge in [-0.2, -0.15) is 0 Å². The van der Waals surface area contributed by atoms with E-state index >= 15 is 0 Å². The molecule has 0 amide bonds. The molecule has 7 nitrogen and oxygen atoms in total. The predicted octanol–water partition coefficient (Wildman–Crippen LogP) is 1.83. The lowest BCUT2D eigenvalue weighted by molar-refractivity contribution is -0.252. The molecule has 1 heterocycles. The summed E-state index contributed by atoms with van der Waals surface area (Å²) in [5.74, 6) is -1.74. The standard InChI is InChI=1S/C21H26O7/c1-10(2)17(23)27-14-8-19(4)13-6-7-20(5,25)16(13)21(19)15(14)12(18(24)28-21)9-26-11(3)22/h13-14,16,25H,1,6-9H2,2-5H3. The van der Waals surface area contributed by atoms with Crippen molar-refractivity contribution in [1.82, 2.24) is 0 Å². The maximum atomic E-state index is 12.8. The Hall–Kier alpha value is -2.15. The summed E-state index contributed by atoms with van der Waals surface area (Å²) < 4.78 is 16.7. The summed E-state index contributed by atoms with van der Waals surface area (Å²) in [7, 11) is 0. The van der Waals surface area contributed by atoms with E-state index in [0.717, 1.165) is 6.42 Å². The lowest BCUT2D eigenvalue weighted by Crippen LogP contribution is -2.70. The van der Waals surface area contributed by atoms with Crippen LogP contribution in [0.1, 0.15) is 47.0 Å². The van der Waals surface area contributed by atoms with Gasteiger partial charge in [0.1, 0.15) is 18.3 Å². The smallest absolute Gasteiger partial charge is 0.338 e. The van der Waals surface area contributed by atoms with Gasteiger partial charge in [0.05, 0.1) is 11.2 Å². The summed E-state index contributed by atoms with van der Waals surface area (Å²) in [6.45, 7) is 10.0. The minimum atomic E-state index is -1.02. The van der Waals surface area contributed by atoms with Crippen molar-refractivity contribution in [2.75, 3.05) is 6.61 Å². The Morgan fingerprint density at radius 2 is 2.00 bits per heavy atom. The van der Waals surface area contributed by atoms with Crippen LogP contribution in [-0.2, 0) is 28.6 Å². The first-order chi connectivity index (χ1) is 13.0. The highest BCUT2D eigenvalue weighted by Crippen LogP contribution is 2.78. The number of rotatable bonds is 4. The van der Waals surface area contributed by atoms with Gasteiger partial charge in [-0.05, 0) is 39.0 Å². The largest absolute Gasteiger partial charge is 0.461 e. The Morgan fingerprint density at radius 3 is 2.61 bits per heavy atom. The molecule has 7 heteroatoms. The van der Waals surface area contributed by atoms with Crippen LogP contribution in [0.25, 0.3) is 0 Å². The first kappa shape index (κ1) is 19.2. The van der Waals surface area contributed by atoms with E-state index in [0.29, 0.717) is 18.4 Å². The topological polar surface area (TPSA) is 99.1 Å². The van der Waals surface area contributed by atoms with Crippen molar-refractivity contribution < 1.29 is 33.7 Å². The number of hydrogen-bond acceptors (Lipinski definition) is 7. The first-order valence-corrected chi connectivity index (χ1v) is 9.65. The molecule has 0 aromatic carbocycles. The molecule has 6 unspecified atom stereocenters. The summed E-state index contributed by atoms with van der Waals surface area (Å²) in [6, 6.07) is 0. The summed E-state index contributed by atoms with van der Waals surface area (Å²) in [4.78, 5) is 36.3. The number of aliphatic hydroxyl groups is 1. The van der Waals surface area contributed by atoms with Crippen LogP contribution in [-0.4, -0.2) is 46.9 Å². The molecule has 3 saturated carbocycles. The van der Waals surface area contributed by atoms with Gasteiger partial charge in [0.15, 0.2) is 0 Å². The minimum Gasteiger partial charge on any atom is -0.461 e. The fraction of sp³-hybridized carbons (Fsp3) is 0.667. The average molecular weight is 390 g/mol. The molecule has 1 spiro atoms. The van der Waals surface area contributed by atoms with Gasteiger partial charge < -0.3 is 19.3 Å². The second kappa shape index (κ2) is 5.69. The van der Waals surface area contributed by atoms with Gasteiger partial charge in [0.25, 0.3) is 0 Å². The molecule has 0 aromatic heterocycles. The lowest BCUT2D eigenvalue weighted by atomic mass is 9.44. The van der Waals surface area contributed by atoms with Crippen molar-refractivity contribution in [3.05, 3.63) is 23.3 Å². The fourth-order valence-corrected chi connectivity index (χ4v) is 6.26. The van der Waals surface area contributed by atoms with E-state index < -0.39 is 40.6 Å². The monoisotopic (exact) mass is 390 g/mol. The molecule has 0 radical (unpaired) electrons. The molecule has 28 heavy (non-hydrogen) atoms. The number of carbonyl (C=O) groups excluding carboxylic acids is 3. The maximum Gasteiger partial charge on any atom is 0.338 e. The Bertz CT molecular complexity index is 838. The molecule has 0 aromatic rings. The van der Waals surface area contributed by atoms with Crippen LogP contribution < -0.4 is 0 Å². The van der Waals surface area contributed by atoms with Crippen LogP contribution in [0.15, 0.2) is 23.3 Å². The maximum absolute atomic E-state index is 12.8. The van der Waals surface area contributed by atoms with Crippen LogP contribution in [0.5, 0.6) is 0 Å². The predicted molar refractivity (Wildman–Crippen MR) is 96.7 cm³/mol. The van der Waals surface area contributed by atoms with Crippen molar-refractivity contribution in [3.8, 4) is 0 Å². The number of esters is 3. The third-order valence-corrected chi connectivity index (χ3v) is 7.31. The first-order valence-electron chi connectivity index (χ1n) is 9.65. The van der Waals surface area contributed by atoms with E-state index in [1.807, 2.05) is 6.92 Å². The molecule has 0 bridgehead atoms. The summed E-state index contributed by atoms with van der Waals surface area (Å²) >= 11 is 0. The fourth-order valence-electron chi connectivity index (χ4n) is 6.26. The van der Waals surface area contributed by atoms with Crippen molar-refractivity contribution in [2.45, 2.75) is 64.3 Å². The van der Waals surface area contributed by atoms with Gasteiger partial charge in [0, 0.05) is 29.4 Å². The zero-order valence-electron chi connectivity index (χ0n) is 16.7. The molecule has 6 atom stereocenters. The molecule has 4 rings (SSSR count). The molecule has 3 aliphatic carbocycles. The molecule has 1 N–H and O–H groups in total. The van der Waals surface area contributed by atoms with Crippen LogP contribution in [0.2, 0.25) is 0 Å². The summed E-state index contributed by atoms with van der Waals surface area (Å²) in [5.41, 5.74) is -1.41. The molecule has 4 aliphatic rings. The normalized spacial score (nSPS) is 42.9. The van der Waals surface area contributed by atoms with Gasteiger partial charge in [-0.1, -0.05) is 13.5 Å². The number of ether oxygens (including phenoxy) is 3. The third kappa shape index (κ3) is 2.16. The second-order valence-electron chi connectivity index (χ2n) is 9.07. The van der Waals surface area contributed by atoms with Crippen molar-refractivity contribution in [1.29, 1.82) is 0 Å². The third-order valence-electron chi connectivity index (χ3n) is 7.31. The number of hydrogen-bond donors (Lipinski definition) is 1. The zero-order chi connectivity index (χ0) is 20.6. The Morgan fingerprint density at radius 1 is 1.32 bits per heavy atom. The Balaban J connectivity index is 1.82. The van der Waals surface area contributed by atoms with Gasteiger partial charge >= 0.3 is 17.9 Å². The molecule has 1 aliphatic heterocycles. The van der Waals surface area contributed by atoms with E-state index in [2.05, 4.69) is 6.58 Å². The Kier molecular flexibility index (Phi) is 3.90. The molecule has 3 fully saturated rings. The van der Waals surface area contributed by atoms with E-state index in [4.69, 9.17) is 14.2 Å². The molecule has 0 saturated heterocycles. The second-order valence-corrected chi connectivity index (χ2v) is 9.07. The minimum absolute atomic E-state index is 0.159. The summed E-state index contributed by atoms with van der Waals surface area (Å²) in [5, 5.41) is 11.0. The summed E-state index contributed by atoms with van der Waals surface area (Å²) in [6.07, 6.45) is 1.27. The van der Waals surface area contributed by atoms with Crippen LogP contribution in [0.4, 0.5) is 0 Å². The quantitative estimate of drug-likeness (QED) is 0.444. The van der Waals surface area contributed by atoms with Gasteiger partial charge in [-0.25, -0.2) is 9.59 Å². The zero-order valence-corrected chi connectivity index (χ0v) is 16.7. The SMILES string of the molecule is C=C(C)C(=O)OC1CC2(C)C3CCC(C)(O)C3C23OC(=O)C(COC(C)=O)=C13. The highest BCUT2D eigenvalue weighted by molar-refractivity contribution is 5.96. The van der Waals surface area contributed by atoms with Gasteiger partial charge in [-0.15, -0.1) is 0 Å². The van der Waals surface area contributed by atoms with E-state index in [9.17, 15) is 19.5 Å². The highest BCUT2D eigenvalue weighted by atomic mass is 16.6. The van der Waals surface area contributed by atoms with Crippen LogP contribution >= 0.6 is 0 Å². The van der Waals surface area contributed by atoms with Gasteiger partial charge in [0.2, 0.25) is 0 Å².